The van der Waals surface area contributed by atoms with Crippen LogP contribution >= 0.6 is 0 Å². The smallest absolute Gasteiger partial charge is 0.339 e. The predicted octanol–water partition coefficient (Wildman–Crippen LogP) is 0.00790. The minimum absolute atomic E-state index is 0.100. The molecule has 2 aliphatic heterocycles. The van der Waals surface area contributed by atoms with E-state index in [9.17, 15) is 9.59 Å². The lowest BCUT2D eigenvalue weighted by atomic mass is 10.2. The summed E-state index contributed by atoms with van der Waals surface area (Å²) in [6.45, 7) is 0. The van der Waals surface area contributed by atoms with Gasteiger partial charge in [-0.2, -0.15) is 0 Å². The van der Waals surface area contributed by atoms with Crippen molar-refractivity contribution < 1.29 is 14.7 Å². The number of primary amides is 1. The van der Waals surface area contributed by atoms with Gasteiger partial charge in [0.2, 0.25) is 0 Å². The summed E-state index contributed by atoms with van der Waals surface area (Å²) in [7, 11) is 0. The molecule has 0 aromatic rings. The summed E-state index contributed by atoms with van der Waals surface area (Å²) >= 11 is 0. The first kappa shape index (κ1) is 9.13. The molecule has 2 aliphatic rings. The van der Waals surface area contributed by atoms with Crippen molar-refractivity contribution in [1.82, 2.24) is 14.5 Å². The number of aromatic nitrogens is 3. The van der Waals surface area contributed by atoms with Crippen LogP contribution in [-0.4, -0.2) is 31.6 Å². The van der Waals surface area contributed by atoms with Crippen LogP contribution in [0.1, 0.15) is 10.4 Å². The number of hydrogen-bond acceptors (Lipinski definition) is 4. The maximum atomic E-state index is 11.0. The van der Waals surface area contributed by atoms with Crippen LogP contribution in [0, 0.1) is 0 Å². The van der Waals surface area contributed by atoms with Gasteiger partial charge >= 0.3 is 12.0 Å². The van der Waals surface area contributed by atoms with E-state index in [-0.39, 0.29) is 17.1 Å². The molecule has 15 heavy (non-hydrogen) atoms. The van der Waals surface area contributed by atoms with E-state index in [0.717, 1.165) is 10.8 Å². The van der Waals surface area contributed by atoms with E-state index in [2.05, 4.69) is 9.97 Å². The van der Waals surface area contributed by atoms with Gasteiger partial charge in [0.15, 0.2) is 5.82 Å². The Morgan fingerprint density at radius 3 is 2.73 bits per heavy atom. The van der Waals surface area contributed by atoms with Crippen LogP contribution in [0.4, 0.5) is 4.79 Å². The quantitative estimate of drug-likeness (QED) is 0.682. The van der Waals surface area contributed by atoms with Crippen molar-refractivity contribution in [3.8, 4) is 11.5 Å². The molecule has 7 nitrogen and oxygen atoms in total. The number of aromatic carboxylic acids is 1. The van der Waals surface area contributed by atoms with Crippen molar-refractivity contribution >= 4 is 12.0 Å². The second kappa shape index (κ2) is 3.05. The maximum absolute atomic E-state index is 11.0. The summed E-state index contributed by atoms with van der Waals surface area (Å²) in [6.07, 6.45) is 3.75. The molecule has 0 aromatic carbocycles. The number of nitrogens with two attached hydrogens (primary N) is 1. The van der Waals surface area contributed by atoms with Gasteiger partial charge in [-0.3, -0.25) is 4.57 Å². The fourth-order valence-electron chi connectivity index (χ4n) is 1.29. The average Bonchev–Trinajstić information content (AvgIpc) is 2.60. The summed E-state index contributed by atoms with van der Waals surface area (Å²) in [5.41, 5.74) is 5.09. The monoisotopic (exact) mass is 206 g/mol. The van der Waals surface area contributed by atoms with E-state index < -0.39 is 12.0 Å². The summed E-state index contributed by atoms with van der Waals surface area (Å²) in [5.74, 6) is -1.01. The van der Waals surface area contributed by atoms with Crippen LogP contribution in [0.15, 0.2) is 18.6 Å². The molecule has 0 unspecified atom stereocenters. The number of carbonyl (C=O) groups excluding carboxylic acids is 1. The van der Waals surface area contributed by atoms with Crippen molar-refractivity contribution in [2.45, 2.75) is 0 Å². The molecule has 7 heteroatoms. The van der Waals surface area contributed by atoms with Crippen LogP contribution in [0.5, 0.6) is 0 Å². The molecular formula is C8H6N4O3. The Kier molecular flexibility index (Phi) is 1.86. The van der Waals surface area contributed by atoms with Gasteiger partial charge in [0.05, 0.1) is 0 Å². The first-order chi connectivity index (χ1) is 7.11. The Morgan fingerprint density at radius 2 is 2.13 bits per heavy atom. The summed E-state index contributed by atoms with van der Waals surface area (Å²) in [5, 5.41) is 8.84. The highest BCUT2D eigenvalue weighted by Crippen LogP contribution is 2.22. The van der Waals surface area contributed by atoms with Crippen LogP contribution in [0.3, 0.4) is 0 Å². The Bertz CT molecular complexity index is 519. The number of carbonyl (C=O) groups is 2. The molecule has 0 spiro atoms. The van der Waals surface area contributed by atoms with Crippen LogP contribution in [0.2, 0.25) is 0 Å². The molecule has 0 fully saturated rings. The summed E-state index contributed by atoms with van der Waals surface area (Å²) in [6, 6.07) is -0.780. The molecule has 0 radical (unpaired) electrons. The van der Waals surface area contributed by atoms with Crippen LogP contribution < -0.4 is 5.73 Å². The minimum atomic E-state index is -1.18. The molecule has 3 N–H and O–H groups in total. The fraction of sp³-hybridized carbons (Fsp3) is 0. The van der Waals surface area contributed by atoms with Crippen LogP contribution in [-0.2, 0) is 0 Å². The lowest BCUT2D eigenvalue weighted by Gasteiger charge is -2.06. The summed E-state index contributed by atoms with van der Waals surface area (Å²) in [4.78, 5) is 29.4. The molecule has 0 aromatic heterocycles. The number of amides is 1. The normalized spacial score (nSPS) is 10.4. The predicted molar refractivity (Wildman–Crippen MR) is 48.6 cm³/mol. The molecular weight excluding hydrogens is 200 g/mol. The van der Waals surface area contributed by atoms with Gasteiger partial charge in [-0.05, 0) is 0 Å². The molecule has 76 valence electrons. The first-order valence-electron chi connectivity index (χ1n) is 3.96. The molecule has 0 aliphatic carbocycles. The number of hydrogen-bond donors (Lipinski definition) is 2. The zero-order valence-corrected chi connectivity index (χ0v) is 7.41. The van der Waals surface area contributed by atoms with E-state index in [0.29, 0.717) is 0 Å². The first-order valence-corrected chi connectivity index (χ1v) is 3.96. The Labute approximate surface area is 83.5 Å². The SMILES string of the molecule is NC(=O)n1ccnc2ncc(C(=O)O)c1-2. The van der Waals surface area contributed by atoms with Gasteiger partial charge < -0.3 is 10.8 Å². The third-order valence-corrected chi connectivity index (χ3v) is 1.90. The van der Waals surface area contributed by atoms with Gasteiger partial charge in [0, 0.05) is 18.6 Å². The molecule has 2 rings (SSSR count). The third-order valence-electron chi connectivity index (χ3n) is 1.90. The third kappa shape index (κ3) is 1.30. The molecule has 0 saturated carbocycles. The topological polar surface area (TPSA) is 111 Å². The highest BCUT2D eigenvalue weighted by atomic mass is 16.4. The van der Waals surface area contributed by atoms with E-state index in [4.69, 9.17) is 10.8 Å². The van der Waals surface area contributed by atoms with Crippen molar-refractivity contribution in [3.05, 3.63) is 24.2 Å². The van der Waals surface area contributed by atoms with Crippen molar-refractivity contribution in [2.24, 2.45) is 5.73 Å². The summed E-state index contributed by atoms with van der Waals surface area (Å²) < 4.78 is 0.999. The zero-order chi connectivity index (χ0) is 11.0. The number of carboxylic acids is 1. The second-order valence-electron chi connectivity index (χ2n) is 2.78. The molecule has 0 atom stereocenters. The highest BCUT2D eigenvalue weighted by molar-refractivity contribution is 5.96. The van der Waals surface area contributed by atoms with Crippen molar-refractivity contribution in [2.75, 3.05) is 0 Å². The largest absolute Gasteiger partial charge is 0.478 e. The number of nitrogens with zero attached hydrogens (tertiary/aromatic N) is 3. The molecule has 0 saturated heterocycles. The molecule has 1 amide bonds. The molecule has 0 bridgehead atoms. The van der Waals surface area contributed by atoms with E-state index in [1.54, 1.807) is 0 Å². The standard InChI is InChI=1S/C8H6N4O3/c9-8(15)12-2-1-10-6-5(12)4(3-11-6)7(13)14/h1-3H,(H2,9,15)(H,13,14). The second-order valence-corrected chi connectivity index (χ2v) is 2.78. The lowest BCUT2D eigenvalue weighted by Crippen LogP contribution is -2.22. The Hall–Kier alpha value is -2.44. The zero-order valence-electron chi connectivity index (χ0n) is 7.41. The Morgan fingerprint density at radius 1 is 1.40 bits per heavy atom. The number of fused-ring (bicyclic) bond motifs is 1. The molecule has 2 heterocycles. The lowest BCUT2D eigenvalue weighted by molar-refractivity contribution is 0.0697. The maximum Gasteiger partial charge on any atom is 0.339 e. The average molecular weight is 206 g/mol. The van der Waals surface area contributed by atoms with E-state index >= 15 is 0 Å². The van der Waals surface area contributed by atoms with Gasteiger partial charge in [-0.15, -0.1) is 0 Å². The van der Waals surface area contributed by atoms with Crippen molar-refractivity contribution in [3.63, 3.8) is 0 Å². The van der Waals surface area contributed by atoms with E-state index in [1.165, 1.54) is 12.4 Å². The van der Waals surface area contributed by atoms with Gasteiger partial charge in [0.25, 0.3) is 0 Å². The Balaban J connectivity index is 2.77. The van der Waals surface area contributed by atoms with Gasteiger partial charge in [-0.1, -0.05) is 0 Å². The fourth-order valence-corrected chi connectivity index (χ4v) is 1.29. The number of carboxylic acid groups (broad SMARTS) is 1. The van der Waals surface area contributed by atoms with Crippen molar-refractivity contribution in [1.29, 1.82) is 0 Å². The van der Waals surface area contributed by atoms with Crippen LogP contribution in [0.25, 0.3) is 11.5 Å². The highest BCUT2D eigenvalue weighted by Gasteiger charge is 2.22. The van der Waals surface area contributed by atoms with E-state index in [1.807, 2.05) is 0 Å². The van der Waals surface area contributed by atoms with Gasteiger partial charge in [0.1, 0.15) is 11.3 Å². The number of rotatable bonds is 1. The van der Waals surface area contributed by atoms with Gasteiger partial charge in [-0.25, -0.2) is 19.6 Å². The minimum Gasteiger partial charge on any atom is -0.478 e.